The lowest BCUT2D eigenvalue weighted by atomic mass is 10.0. The van der Waals surface area contributed by atoms with E-state index in [2.05, 4.69) is 4.98 Å². The maximum atomic E-state index is 13.3. The van der Waals surface area contributed by atoms with E-state index in [1.165, 1.54) is 10.8 Å². The lowest BCUT2D eigenvalue weighted by Crippen LogP contribution is -2.33. The summed E-state index contributed by atoms with van der Waals surface area (Å²) < 4.78 is 47.8. The molecule has 0 saturated carbocycles. The van der Waals surface area contributed by atoms with Gasteiger partial charge in [0.1, 0.15) is 11.9 Å². The zero-order chi connectivity index (χ0) is 30.1. The normalized spacial score (nSPS) is 21.7. The Kier molecular flexibility index (Phi) is 9.03. The van der Waals surface area contributed by atoms with Crippen LogP contribution in [0.5, 0.6) is 5.75 Å². The van der Waals surface area contributed by atoms with Crippen molar-refractivity contribution in [2.45, 2.75) is 66.8 Å². The number of hydrogen-bond acceptors (Lipinski definition) is 11. The third-order valence-corrected chi connectivity index (χ3v) is 7.55. The molecular weight excluding hydrogens is 559 g/mol. The Bertz CT molecular complexity index is 1500. The van der Waals surface area contributed by atoms with E-state index in [1.807, 2.05) is 0 Å². The van der Waals surface area contributed by atoms with Gasteiger partial charge in [-0.05, 0) is 37.6 Å². The summed E-state index contributed by atoms with van der Waals surface area (Å²) in [5.74, 6) is -1.71. The van der Waals surface area contributed by atoms with Crippen LogP contribution >= 0.6 is 7.82 Å². The fourth-order valence-corrected chi connectivity index (χ4v) is 5.22. The summed E-state index contributed by atoms with van der Waals surface area (Å²) in [7, 11) is -4.05. The van der Waals surface area contributed by atoms with Crippen molar-refractivity contribution in [3.8, 4) is 5.75 Å². The molecular formula is C27H33N2O11P. The average Bonchev–Trinajstić information content (AvgIpc) is 3.38. The SMILES string of the molecule is Cc1cc(C(OC(=O)C(C)C)OC(=O)C(C)C)cc2c1OP(=O)(OC[C@@H]1C=C[C@H](n3cc(C)c(=O)[nH]c3=O)O1)OC2. The molecule has 14 heteroatoms. The molecule has 4 rings (SSSR count). The highest BCUT2D eigenvalue weighted by molar-refractivity contribution is 7.49. The van der Waals surface area contributed by atoms with Crippen LogP contribution in [-0.2, 0) is 44.0 Å². The maximum Gasteiger partial charge on any atom is 0.530 e. The first kappa shape index (κ1) is 30.4. The predicted octanol–water partition coefficient (Wildman–Crippen LogP) is 3.74. The van der Waals surface area contributed by atoms with Crippen molar-refractivity contribution < 1.29 is 41.9 Å². The molecule has 3 heterocycles. The lowest BCUT2D eigenvalue weighted by molar-refractivity contribution is -0.194. The van der Waals surface area contributed by atoms with Gasteiger partial charge in [0.05, 0.1) is 25.0 Å². The Morgan fingerprint density at radius 1 is 1.05 bits per heavy atom. The van der Waals surface area contributed by atoms with Gasteiger partial charge >= 0.3 is 25.5 Å². The van der Waals surface area contributed by atoms with Crippen molar-refractivity contribution >= 4 is 19.8 Å². The number of aromatic amines is 1. The van der Waals surface area contributed by atoms with Crippen LogP contribution in [0, 0.1) is 25.7 Å². The number of phosphoric ester groups is 1. The molecule has 222 valence electrons. The summed E-state index contributed by atoms with van der Waals surface area (Å²) in [4.78, 5) is 50.6. The number of aryl methyl sites for hydroxylation is 2. The highest BCUT2D eigenvalue weighted by Crippen LogP contribution is 2.56. The number of fused-ring (bicyclic) bond motifs is 1. The second-order valence-corrected chi connectivity index (χ2v) is 12.0. The molecule has 0 spiro atoms. The minimum Gasteiger partial charge on any atom is -0.420 e. The topological polar surface area (TPSA) is 161 Å². The molecule has 2 aromatic rings. The number of carbonyl (C=O) groups is 2. The van der Waals surface area contributed by atoms with Gasteiger partial charge in [-0.3, -0.25) is 33.0 Å². The molecule has 0 radical (unpaired) electrons. The van der Waals surface area contributed by atoms with Crippen LogP contribution in [0.2, 0.25) is 0 Å². The molecule has 13 nitrogen and oxygen atoms in total. The number of benzene rings is 1. The van der Waals surface area contributed by atoms with Gasteiger partial charge in [0.2, 0.25) is 0 Å². The van der Waals surface area contributed by atoms with Gasteiger partial charge in [0.25, 0.3) is 11.8 Å². The molecule has 1 N–H and O–H groups in total. The van der Waals surface area contributed by atoms with E-state index >= 15 is 0 Å². The molecule has 0 saturated heterocycles. The summed E-state index contributed by atoms with van der Waals surface area (Å²) in [5, 5.41) is 0. The molecule has 1 aromatic carbocycles. The van der Waals surface area contributed by atoms with Crippen LogP contribution in [0.3, 0.4) is 0 Å². The highest BCUT2D eigenvalue weighted by Gasteiger charge is 2.38. The van der Waals surface area contributed by atoms with Crippen LogP contribution in [0.1, 0.15) is 62.5 Å². The van der Waals surface area contributed by atoms with Crippen molar-refractivity contribution in [2.24, 2.45) is 11.8 Å². The second-order valence-electron chi connectivity index (χ2n) is 10.4. The zero-order valence-corrected chi connectivity index (χ0v) is 24.5. The molecule has 0 bridgehead atoms. The summed E-state index contributed by atoms with van der Waals surface area (Å²) in [5.41, 5.74) is 0.637. The van der Waals surface area contributed by atoms with Gasteiger partial charge in [-0.15, -0.1) is 0 Å². The van der Waals surface area contributed by atoms with Crippen LogP contribution < -0.4 is 15.8 Å². The molecule has 0 amide bonds. The van der Waals surface area contributed by atoms with Crippen LogP contribution in [-0.4, -0.2) is 34.2 Å². The standard InChI is InChI=1S/C27H33N2O11P/c1-14(2)24(31)38-26(39-25(32)15(3)4)18-9-16(5)22-19(10-18)12-35-41(34,40-22)36-13-20-7-8-21(37-20)29-11-17(6)23(30)28-27(29)33/h7-11,14-15,20-21,26H,12-13H2,1-6H3,(H,28,30,33)/t20-,21+,41?/m0/s1. The monoisotopic (exact) mass is 592 g/mol. The van der Waals surface area contributed by atoms with Gasteiger partial charge in [-0.1, -0.05) is 33.8 Å². The minimum atomic E-state index is -4.05. The first-order chi connectivity index (χ1) is 19.3. The highest BCUT2D eigenvalue weighted by atomic mass is 31.2. The number of esters is 2. The Hall–Kier alpha value is -3.51. The molecule has 3 atom stereocenters. The maximum absolute atomic E-state index is 13.3. The fourth-order valence-electron chi connectivity index (χ4n) is 3.93. The number of rotatable bonds is 9. The second kappa shape index (κ2) is 12.2. The Morgan fingerprint density at radius 2 is 1.71 bits per heavy atom. The Balaban J connectivity index is 1.44. The number of nitrogens with zero attached hydrogens (tertiary/aromatic N) is 1. The average molecular weight is 593 g/mol. The van der Waals surface area contributed by atoms with E-state index in [9.17, 15) is 23.7 Å². The number of ether oxygens (including phenoxy) is 3. The lowest BCUT2D eigenvalue weighted by Gasteiger charge is -2.28. The molecule has 41 heavy (non-hydrogen) atoms. The van der Waals surface area contributed by atoms with Gasteiger partial charge < -0.3 is 18.7 Å². The third kappa shape index (κ3) is 7.05. The van der Waals surface area contributed by atoms with Crippen molar-refractivity contribution in [2.75, 3.05) is 6.61 Å². The summed E-state index contributed by atoms with van der Waals surface area (Å²) >= 11 is 0. The Morgan fingerprint density at radius 3 is 2.34 bits per heavy atom. The van der Waals surface area contributed by atoms with Gasteiger partial charge in [0.15, 0.2) is 6.23 Å². The fraction of sp³-hybridized carbons (Fsp3) is 0.481. The van der Waals surface area contributed by atoms with Crippen molar-refractivity contribution in [3.05, 3.63) is 73.6 Å². The molecule has 0 fully saturated rings. The molecule has 0 aliphatic carbocycles. The van der Waals surface area contributed by atoms with E-state index in [0.29, 0.717) is 22.3 Å². The van der Waals surface area contributed by atoms with E-state index in [0.717, 1.165) is 0 Å². The van der Waals surface area contributed by atoms with E-state index < -0.39 is 61.5 Å². The molecule has 1 aromatic heterocycles. The molecule has 2 aliphatic rings. The van der Waals surface area contributed by atoms with E-state index in [1.54, 1.807) is 65.8 Å². The van der Waals surface area contributed by atoms with E-state index in [4.69, 9.17) is 27.8 Å². The third-order valence-electron chi connectivity index (χ3n) is 6.24. The number of nitrogens with one attached hydrogen (secondary N) is 1. The minimum absolute atomic E-state index is 0.152. The van der Waals surface area contributed by atoms with Crippen LogP contribution in [0.4, 0.5) is 0 Å². The number of hydrogen-bond donors (Lipinski definition) is 1. The van der Waals surface area contributed by atoms with Crippen molar-refractivity contribution in [1.29, 1.82) is 0 Å². The van der Waals surface area contributed by atoms with Crippen molar-refractivity contribution in [3.63, 3.8) is 0 Å². The van der Waals surface area contributed by atoms with Crippen molar-refractivity contribution in [1.82, 2.24) is 9.55 Å². The number of H-pyrrole nitrogens is 1. The number of aromatic nitrogens is 2. The van der Waals surface area contributed by atoms with E-state index in [-0.39, 0.29) is 19.0 Å². The van der Waals surface area contributed by atoms with Crippen LogP contribution in [0.25, 0.3) is 0 Å². The largest absolute Gasteiger partial charge is 0.530 e. The smallest absolute Gasteiger partial charge is 0.420 e. The Labute approximate surface area is 236 Å². The van der Waals surface area contributed by atoms with Gasteiger partial charge in [0, 0.05) is 22.9 Å². The predicted molar refractivity (Wildman–Crippen MR) is 144 cm³/mol. The quantitative estimate of drug-likeness (QED) is 0.195. The van der Waals surface area contributed by atoms with Gasteiger partial charge in [-0.25, -0.2) is 9.36 Å². The first-order valence-electron chi connectivity index (χ1n) is 13.0. The number of phosphoric acid groups is 1. The summed E-state index contributed by atoms with van der Waals surface area (Å²) in [6.45, 7) is 9.57. The summed E-state index contributed by atoms with van der Waals surface area (Å²) in [6, 6.07) is 3.20. The zero-order valence-electron chi connectivity index (χ0n) is 23.6. The van der Waals surface area contributed by atoms with Gasteiger partial charge in [-0.2, -0.15) is 0 Å². The first-order valence-corrected chi connectivity index (χ1v) is 14.5. The summed E-state index contributed by atoms with van der Waals surface area (Å²) in [6.07, 6.45) is 1.89. The van der Waals surface area contributed by atoms with Crippen LogP contribution in [0.15, 0.2) is 40.1 Å². The number of carbonyl (C=O) groups excluding carboxylic acids is 2. The molecule has 1 unspecified atom stereocenters. The molecule has 2 aliphatic heterocycles.